The summed E-state index contributed by atoms with van der Waals surface area (Å²) in [5.41, 5.74) is 6.76. The molecule has 20 heavy (non-hydrogen) atoms. The maximum Gasteiger partial charge on any atom is 0.239 e. The molecule has 0 saturated heterocycles. The molecule has 0 radical (unpaired) electrons. The van der Waals surface area contributed by atoms with Gasteiger partial charge in [0.15, 0.2) is 0 Å². The number of methoxy groups -OCH3 is 1. The van der Waals surface area contributed by atoms with Gasteiger partial charge in [0, 0.05) is 7.11 Å². The molecule has 3 N–H and O–H groups in total. The van der Waals surface area contributed by atoms with Gasteiger partial charge in [0.05, 0.1) is 12.6 Å². The maximum absolute atomic E-state index is 11.6. The molecule has 0 fully saturated rings. The molecule has 0 aliphatic carbocycles. The Morgan fingerprint density at radius 1 is 1.40 bits per heavy atom. The van der Waals surface area contributed by atoms with E-state index in [2.05, 4.69) is 5.32 Å². The highest BCUT2D eigenvalue weighted by molar-refractivity contribution is 5.85. The Kier molecular flexibility index (Phi) is 8.96. The zero-order valence-electron chi connectivity index (χ0n) is 12.1. The Hall–Kier alpha value is -1.30. The molecular formula is C14H23ClN2O3. The molecule has 0 aliphatic heterocycles. The first-order chi connectivity index (χ1) is 9.02. The summed E-state index contributed by atoms with van der Waals surface area (Å²) < 4.78 is 10.4. The summed E-state index contributed by atoms with van der Waals surface area (Å²) in [5, 5.41) is 2.78. The molecule has 0 aliphatic rings. The number of carbonyl (C=O) groups excluding carboxylic acids is 1. The Morgan fingerprint density at radius 3 is 2.70 bits per heavy atom. The number of benzene rings is 1. The summed E-state index contributed by atoms with van der Waals surface area (Å²) in [6.07, 6.45) is 0. The van der Waals surface area contributed by atoms with Crippen molar-refractivity contribution < 1.29 is 14.3 Å². The second kappa shape index (κ2) is 9.58. The summed E-state index contributed by atoms with van der Waals surface area (Å²) in [6, 6.07) is 7.01. The van der Waals surface area contributed by atoms with Crippen LogP contribution in [0.2, 0.25) is 0 Å². The predicted molar refractivity (Wildman–Crippen MR) is 81.4 cm³/mol. The monoisotopic (exact) mass is 302 g/mol. The lowest BCUT2D eigenvalue weighted by Gasteiger charge is -2.17. The van der Waals surface area contributed by atoms with Crippen LogP contribution in [0.3, 0.4) is 0 Å². The van der Waals surface area contributed by atoms with Gasteiger partial charge in [-0.2, -0.15) is 0 Å². The van der Waals surface area contributed by atoms with Crippen LogP contribution in [0.4, 0.5) is 0 Å². The summed E-state index contributed by atoms with van der Waals surface area (Å²) in [4.78, 5) is 11.6. The van der Waals surface area contributed by atoms with Crippen molar-refractivity contribution in [1.29, 1.82) is 0 Å². The van der Waals surface area contributed by atoms with E-state index in [0.29, 0.717) is 6.61 Å². The van der Waals surface area contributed by atoms with Gasteiger partial charge in [-0.3, -0.25) is 4.79 Å². The van der Waals surface area contributed by atoms with Gasteiger partial charge < -0.3 is 20.5 Å². The van der Waals surface area contributed by atoms with Crippen LogP contribution in [0, 0.1) is 6.92 Å². The van der Waals surface area contributed by atoms with Gasteiger partial charge in [-0.1, -0.05) is 12.1 Å². The Bertz CT molecular complexity index is 415. The quantitative estimate of drug-likeness (QED) is 0.795. The minimum absolute atomic E-state index is 0. The van der Waals surface area contributed by atoms with E-state index in [4.69, 9.17) is 15.2 Å². The topological polar surface area (TPSA) is 73.6 Å². The van der Waals surface area contributed by atoms with Crippen LogP contribution in [0.5, 0.6) is 5.75 Å². The van der Waals surface area contributed by atoms with Gasteiger partial charge in [-0.25, -0.2) is 0 Å². The first-order valence-electron chi connectivity index (χ1n) is 6.27. The van der Waals surface area contributed by atoms with E-state index >= 15 is 0 Å². The highest BCUT2D eigenvalue weighted by Crippen LogP contribution is 2.12. The zero-order chi connectivity index (χ0) is 14.3. The third-order valence-corrected chi connectivity index (χ3v) is 2.56. The number of halogens is 1. The zero-order valence-corrected chi connectivity index (χ0v) is 12.9. The van der Waals surface area contributed by atoms with E-state index in [1.807, 2.05) is 38.1 Å². The van der Waals surface area contributed by atoms with Gasteiger partial charge in [0.2, 0.25) is 5.91 Å². The largest absolute Gasteiger partial charge is 0.491 e. The highest BCUT2D eigenvalue weighted by atomic mass is 35.5. The van der Waals surface area contributed by atoms with E-state index in [1.165, 1.54) is 7.11 Å². The first-order valence-corrected chi connectivity index (χ1v) is 6.27. The number of ether oxygens (including phenoxy) is 2. The fourth-order valence-electron chi connectivity index (χ4n) is 1.57. The lowest BCUT2D eigenvalue weighted by atomic mass is 10.2. The average molecular weight is 303 g/mol. The summed E-state index contributed by atoms with van der Waals surface area (Å²) in [6.45, 7) is 4.47. The number of rotatable bonds is 7. The Balaban J connectivity index is 0.00000361. The van der Waals surface area contributed by atoms with E-state index < -0.39 is 6.04 Å². The van der Waals surface area contributed by atoms with Crippen molar-refractivity contribution in [3.63, 3.8) is 0 Å². The molecule has 1 aromatic carbocycles. The van der Waals surface area contributed by atoms with E-state index in [1.54, 1.807) is 0 Å². The van der Waals surface area contributed by atoms with Crippen LogP contribution in [0.1, 0.15) is 12.5 Å². The van der Waals surface area contributed by atoms with Crippen LogP contribution in [-0.2, 0) is 9.53 Å². The lowest BCUT2D eigenvalue weighted by Crippen LogP contribution is -2.48. The standard InChI is InChI=1S/C14H22N2O3.ClH/c1-10-5-4-6-12(7-10)19-8-11(2)16-14(17)13(15)9-18-3;/h4-7,11,13H,8-9,15H2,1-3H3,(H,16,17);1H. The summed E-state index contributed by atoms with van der Waals surface area (Å²) in [7, 11) is 1.51. The van der Waals surface area contributed by atoms with Gasteiger partial charge in [-0.05, 0) is 31.5 Å². The number of nitrogens with one attached hydrogen (secondary N) is 1. The third kappa shape index (κ3) is 6.75. The number of hydrogen-bond donors (Lipinski definition) is 2. The molecule has 0 spiro atoms. The van der Waals surface area contributed by atoms with Crippen LogP contribution in [0.25, 0.3) is 0 Å². The molecule has 6 heteroatoms. The fraction of sp³-hybridized carbons (Fsp3) is 0.500. The molecular weight excluding hydrogens is 280 g/mol. The first kappa shape index (κ1) is 18.7. The molecule has 0 aromatic heterocycles. The van der Waals surface area contributed by atoms with Crippen molar-refractivity contribution in [2.75, 3.05) is 20.3 Å². The molecule has 1 rings (SSSR count). The molecule has 1 amide bonds. The number of amides is 1. The molecule has 5 nitrogen and oxygen atoms in total. The number of hydrogen-bond acceptors (Lipinski definition) is 4. The fourth-order valence-corrected chi connectivity index (χ4v) is 1.57. The van der Waals surface area contributed by atoms with Gasteiger partial charge >= 0.3 is 0 Å². The Labute approximate surface area is 126 Å². The molecule has 1 aromatic rings. The normalized spacial score (nSPS) is 13.0. The van der Waals surface area contributed by atoms with Gasteiger partial charge in [0.1, 0.15) is 18.4 Å². The molecule has 0 bridgehead atoms. The molecule has 114 valence electrons. The summed E-state index contributed by atoms with van der Waals surface area (Å²) in [5.74, 6) is 0.560. The van der Waals surface area contributed by atoms with Crippen molar-refractivity contribution >= 4 is 18.3 Å². The summed E-state index contributed by atoms with van der Waals surface area (Å²) >= 11 is 0. The molecule has 2 atom stereocenters. The van der Waals surface area contributed by atoms with Crippen LogP contribution in [0.15, 0.2) is 24.3 Å². The van der Waals surface area contributed by atoms with Crippen LogP contribution >= 0.6 is 12.4 Å². The van der Waals surface area contributed by atoms with Gasteiger partial charge in [-0.15, -0.1) is 12.4 Å². The predicted octanol–water partition coefficient (Wildman–Crippen LogP) is 1.27. The van der Waals surface area contributed by atoms with E-state index in [-0.39, 0.29) is 31.0 Å². The van der Waals surface area contributed by atoms with Crippen LogP contribution < -0.4 is 15.8 Å². The van der Waals surface area contributed by atoms with Gasteiger partial charge in [0.25, 0.3) is 0 Å². The lowest BCUT2D eigenvalue weighted by molar-refractivity contribution is -0.124. The third-order valence-electron chi connectivity index (χ3n) is 2.56. The molecule has 0 saturated carbocycles. The molecule has 0 heterocycles. The van der Waals surface area contributed by atoms with Crippen molar-refractivity contribution in [3.05, 3.63) is 29.8 Å². The SMILES string of the molecule is COCC(N)C(=O)NC(C)COc1cccc(C)c1.Cl. The van der Waals surface area contributed by atoms with E-state index in [9.17, 15) is 4.79 Å². The number of aryl methyl sites for hydroxylation is 1. The minimum Gasteiger partial charge on any atom is -0.491 e. The number of carbonyl (C=O) groups is 1. The minimum atomic E-state index is -0.647. The van der Waals surface area contributed by atoms with E-state index in [0.717, 1.165) is 11.3 Å². The highest BCUT2D eigenvalue weighted by Gasteiger charge is 2.15. The number of nitrogens with two attached hydrogens (primary N) is 1. The second-order valence-electron chi connectivity index (χ2n) is 4.60. The second-order valence-corrected chi connectivity index (χ2v) is 4.60. The van der Waals surface area contributed by atoms with Crippen molar-refractivity contribution in [2.24, 2.45) is 5.73 Å². The average Bonchev–Trinajstić information content (AvgIpc) is 2.36. The molecule has 2 unspecified atom stereocenters. The maximum atomic E-state index is 11.6. The smallest absolute Gasteiger partial charge is 0.239 e. The van der Waals surface area contributed by atoms with Crippen LogP contribution in [-0.4, -0.2) is 38.3 Å². The Morgan fingerprint density at radius 2 is 2.10 bits per heavy atom. The van der Waals surface area contributed by atoms with Crippen molar-refractivity contribution in [3.8, 4) is 5.75 Å². The van der Waals surface area contributed by atoms with Crippen molar-refractivity contribution in [1.82, 2.24) is 5.32 Å². The van der Waals surface area contributed by atoms with Crippen molar-refractivity contribution in [2.45, 2.75) is 25.9 Å².